The van der Waals surface area contributed by atoms with Crippen molar-refractivity contribution in [3.63, 3.8) is 0 Å². The van der Waals surface area contributed by atoms with Crippen molar-refractivity contribution in [2.75, 3.05) is 13.7 Å². The maximum absolute atomic E-state index is 13.4. The van der Waals surface area contributed by atoms with Crippen molar-refractivity contribution in [3.8, 4) is 0 Å². The number of carbonyl (C=O) groups excluding carboxylic acids is 1. The first-order valence-electron chi connectivity index (χ1n) is 8.84. The molecule has 1 unspecified atom stereocenters. The van der Waals surface area contributed by atoms with Crippen molar-refractivity contribution in [2.45, 2.75) is 26.4 Å². The summed E-state index contributed by atoms with van der Waals surface area (Å²) in [5.41, 5.74) is 2.09. The van der Waals surface area contributed by atoms with E-state index in [-0.39, 0.29) is 23.2 Å². The fourth-order valence-corrected chi connectivity index (χ4v) is 3.18. The SMILES string of the molecule is COCC(C)N(Cc1cccc(C)c1)C(=O)c1n[nH]c(=O)c2ccccc12. The van der Waals surface area contributed by atoms with Crippen LogP contribution >= 0.6 is 0 Å². The van der Waals surface area contributed by atoms with Gasteiger partial charge in [-0.05, 0) is 25.5 Å². The Labute approximate surface area is 157 Å². The summed E-state index contributed by atoms with van der Waals surface area (Å²) in [5.74, 6) is -0.242. The Kier molecular flexibility index (Phi) is 5.66. The Morgan fingerprint density at radius 3 is 2.63 bits per heavy atom. The maximum atomic E-state index is 13.4. The number of carbonyl (C=O) groups is 1. The summed E-state index contributed by atoms with van der Waals surface area (Å²) in [4.78, 5) is 27.1. The van der Waals surface area contributed by atoms with Gasteiger partial charge in [0.15, 0.2) is 5.69 Å². The Morgan fingerprint density at radius 1 is 1.19 bits per heavy atom. The van der Waals surface area contributed by atoms with Crippen LogP contribution in [0.25, 0.3) is 10.8 Å². The number of aryl methyl sites for hydroxylation is 1. The molecule has 1 heterocycles. The number of ether oxygens (including phenoxy) is 1. The van der Waals surface area contributed by atoms with Crippen LogP contribution in [-0.4, -0.2) is 40.8 Å². The highest BCUT2D eigenvalue weighted by Crippen LogP contribution is 2.18. The summed E-state index contributed by atoms with van der Waals surface area (Å²) in [6.45, 7) is 4.79. The summed E-state index contributed by atoms with van der Waals surface area (Å²) in [6.07, 6.45) is 0. The maximum Gasteiger partial charge on any atom is 0.275 e. The molecule has 140 valence electrons. The fourth-order valence-electron chi connectivity index (χ4n) is 3.18. The fraction of sp³-hybridized carbons (Fsp3) is 0.286. The van der Waals surface area contributed by atoms with E-state index in [1.165, 1.54) is 0 Å². The third-order valence-electron chi connectivity index (χ3n) is 4.53. The Balaban J connectivity index is 2.03. The summed E-state index contributed by atoms with van der Waals surface area (Å²) in [6, 6.07) is 14.9. The van der Waals surface area contributed by atoms with Crippen molar-refractivity contribution >= 4 is 16.7 Å². The second kappa shape index (κ2) is 8.14. The minimum absolute atomic E-state index is 0.157. The molecule has 0 aliphatic carbocycles. The van der Waals surface area contributed by atoms with Crippen LogP contribution in [0.2, 0.25) is 0 Å². The summed E-state index contributed by atoms with van der Waals surface area (Å²) < 4.78 is 5.27. The van der Waals surface area contributed by atoms with Crippen LogP contribution in [0, 0.1) is 6.92 Å². The molecule has 3 aromatic rings. The zero-order valence-electron chi connectivity index (χ0n) is 15.7. The number of benzene rings is 2. The Morgan fingerprint density at radius 2 is 1.93 bits per heavy atom. The van der Waals surface area contributed by atoms with Crippen LogP contribution in [0.5, 0.6) is 0 Å². The first-order chi connectivity index (χ1) is 13.0. The van der Waals surface area contributed by atoms with Gasteiger partial charge in [0.05, 0.1) is 18.0 Å². The molecule has 1 atom stereocenters. The molecule has 0 fully saturated rings. The number of methoxy groups -OCH3 is 1. The van der Waals surface area contributed by atoms with Gasteiger partial charge in [0.2, 0.25) is 0 Å². The predicted molar refractivity (Wildman–Crippen MR) is 105 cm³/mol. The first-order valence-corrected chi connectivity index (χ1v) is 8.84. The van der Waals surface area contributed by atoms with Crippen LogP contribution < -0.4 is 5.56 Å². The highest BCUT2D eigenvalue weighted by atomic mass is 16.5. The quantitative estimate of drug-likeness (QED) is 0.729. The number of hydrogen-bond acceptors (Lipinski definition) is 4. The van der Waals surface area contributed by atoms with Crippen LogP contribution in [-0.2, 0) is 11.3 Å². The number of amides is 1. The number of aromatic nitrogens is 2. The number of nitrogens with one attached hydrogen (secondary N) is 1. The standard InChI is InChI=1S/C21H23N3O3/c1-14-7-6-8-16(11-14)12-24(15(2)13-27-3)21(26)19-17-9-4-5-10-18(17)20(25)23-22-19/h4-11,15H,12-13H2,1-3H3,(H,23,25). The van der Waals surface area contributed by atoms with Gasteiger partial charge in [-0.3, -0.25) is 9.59 Å². The lowest BCUT2D eigenvalue weighted by Crippen LogP contribution is -2.41. The summed E-state index contributed by atoms with van der Waals surface area (Å²) in [5, 5.41) is 7.49. The lowest BCUT2D eigenvalue weighted by atomic mass is 10.1. The van der Waals surface area contributed by atoms with E-state index < -0.39 is 0 Å². The molecule has 6 heteroatoms. The van der Waals surface area contributed by atoms with E-state index in [9.17, 15) is 9.59 Å². The monoisotopic (exact) mass is 365 g/mol. The van der Waals surface area contributed by atoms with Crippen LogP contribution in [0.15, 0.2) is 53.3 Å². The lowest BCUT2D eigenvalue weighted by molar-refractivity contribution is 0.0537. The second-order valence-corrected chi connectivity index (χ2v) is 6.67. The molecule has 0 saturated carbocycles. The third kappa shape index (κ3) is 4.06. The minimum atomic E-state index is -0.308. The Bertz CT molecular complexity index is 1010. The molecule has 0 saturated heterocycles. The molecular weight excluding hydrogens is 342 g/mol. The Hall–Kier alpha value is -2.99. The molecule has 0 aliphatic rings. The largest absolute Gasteiger partial charge is 0.383 e. The van der Waals surface area contributed by atoms with E-state index in [1.807, 2.05) is 32.0 Å². The first kappa shape index (κ1) is 18.8. The van der Waals surface area contributed by atoms with Gasteiger partial charge >= 0.3 is 0 Å². The van der Waals surface area contributed by atoms with Gasteiger partial charge in [-0.2, -0.15) is 5.10 Å². The van der Waals surface area contributed by atoms with Gasteiger partial charge in [0.25, 0.3) is 11.5 Å². The van der Waals surface area contributed by atoms with Crippen molar-refractivity contribution in [1.82, 2.24) is 15.1 Å². The van der Waals surface area contributed by atoms with Crippen molar-refractivity contribution in [3.05, 3.63) is 75.7 Å². The zero-order chi connectivity index (χ0) is 19.4. The van der Waals surface area contributed by atoms with Crippen LogP contribution in [0.1, 0.15) is 28.5 Å². The van der Waals surface area contributed by atoms with E-state index >= 15 is 0 Å². The molecule has 2 aromatic carbocycles. The van der Waals surface area contributed by atoms with E-state index in [1.54, 1.807) is 36.3 Å². The topological polar surface area (TPSA) is 75.3 Å². The van der Waals surface area contributed by atoms with Crippen molar-refractivity contribution in [2.24, 2.45) is 0 Å². The molecule has 3 rings (SSSR count). The van der Waals surface area contributed by atoms with Crippen LogP contribution in [0.3, 0.4) is 0 Å². The number of rotatable bonds is 6. The molecule has 6 nitrogen and oxygen atoms in total. The van der Waals surface area contributed by atoms with Crippen molar-refractivity contribution in [1.29, 1.82) is 0 Å². The number of fused-ring (bicyclic) bond motifs is 1. The molecule has 0 spiro atoms. The van der Waals surface area contributed by atoms with E-state index in [2.05, 4.69) is 16.3 Å². The van der Waals surface area contributed by atoms with E-state index in [0.717, 1.165) is 11.1 Å². The third-order valence-corrected chi connectivity index (χ3v) is 4.53. The van der Waals surface area contributed by atoms with Crippen LogP contribution in [0.4, 0.5) is 0 Å². The molecule has 1 amide bonds. The number of hydrogen-bond donors (Lipinski definition) is 1. The molecular formula is C21H23N3O3. The average Bonchev–Trinajstić information content (AvgIpc) is 2.66. The van der Waals surface area contributed by atoms with Gasteiger partial charge in [0.1, 0.15) is 0 Å². The predicted octanol–water partition coefficient (Wildman–Crippen LogP) is 2.91. The second-order valence-electron chi connectivity index (χ2n) is 6.67. The van der Waals surface area contributed by atoms with Gasteiger partial charge in [-0.15, -0.1) is 0 Å². The van der Waals surface area contributed by atoms with Gasteiger partial charge in [-0.25, -0.2) is 5.10 Å². The minimum Gasteiger partial charge on any atom is -0.383 e. The molecule has 0 radical (unpaired) electrons. The highest BCUT2D eigenvalue weighted by molar-refractivity contribution is 6.04. The smallest absolute Gasteiger partial charge is 0.275 e. The lowest BCUT2D eigenvalue weighted by Gasteiger charge is -2.29. The number of H-pyrrole nitrogens is 1. The molecule has 27 heavy (non-hydrogen) atoms. The number of nitrogens with zero attached hydrogens (tertiary/aromatic N) is 2. The zero-order valence-corrected chi connectivity index (χ0v) is 15.7. The van der Waals surface area contributed by atoms with Gasteiger partial charge in [-0.1, -0.05) is 48.0 Å². The highest BCUT2D eigenvalue weighted by Gasteiger charge is 2.25. The normalized spacial score (nSPS) is 12.1. The summed E-state index contributed by atoms with van der Waals surface area (Å²) >= 11 is 0. The average molecular weight is 365 g/mol. The number of aromatic amines is 1. The van der Waals surface area contributed by atoms with Gasteiger partial charge < -0.3 is 9.64 Å². The molecule has 1 aromatic heterocycles. The van der Waals surface area contributed by atoms with E-state index in [4.69, 9.17) is 4.74 Å². The van der Waals surface area contributed by atoms with E-state index in [0.29, 0.717) is 23.9 Å². The summed E-state index contributed by atoms with van der Waals surface area (Å²) in [7, 11) is 1.61. The molecule has 0 bridgehead atoms. The van der Waals surface area contributed by atoms with Gasteiger partial charge in [0, 0.05) is 19.0 Å². The van der Waals surface area contributed by atoms with Crippen molar-refractivity contribution < 1.29 is 9.53 Å². The molecule has 0 aliphatic heterocycles. The molecule has 1 N–H and O–H groups in total.